The standard InChI is InChI=1S/C21H23NO4/c23-20(18-8-4-5-9-19(18)21(24)25)22-16-10-12-17(13-11-16)26-14-15-6-2-1-3-7-15/h1-3,6-7,10-13,18-19H,4-5,8-9,14H2,(H,22,23)(H,24,25)/t18-,19+/m0/s1. The molecule has 1 saturated carbocycles. The van der Waals surface area contributed by atoms with Crippen LogP contribution in [0.1, 0.15) is 31.2 Å². The van der Waals surface area contributed by atoms with Crippen LogP contribution in [-0.4, -0.2) is 17.0 Å². The minimum Gasteiger partial charge on any atom is -0.489 e. The summed E-state index contributed by atoms with van der Waals surface area (Å²) in [5.41, 5.74) is 1.73. The molecule has 0 bridgehead atoms. The molecule has 26 heavy (non-hydrogen) atoms. The van der Waals surface area contributed by atoms with E-state index >= 15 is 0 Å². The maximum absolute atomic E-state index is 12.5. The SMILES string of the molecule is O=C(Nc1ccc(OCc2ccccc2)cc1)[C@H]1CCCC[C@H]1C(=O)O. The van der Waals surface area contributed by atoms with Crippen molar-refractivity contribution in [1.29, 1.82) is 0 Å². The maximum Gasteiger partial charge on any atom is 0.307 e. The van der Waals surface area contributed by atoms with Crippen LogP contribution in [0, 0.1) is 11.8 Å². The molecule has 1 aliphatic rings. The van der Waals surface area contributed by atoms with Gasteiger partial charge in [-0.2, -0.15) is 0 Å². The highest BCUT2D eigenvalue weighted by Crippen LogP contribution is 2.31. The minimum atomic E-state index is -0.880. The second-order valence-corrected chi connectivity index (χ2v) is 6.62. The molecule has 136 valence electrons. The average molecular weight is 353 g/mol. The Labute approximate surface area is 153 Å². The third-order valence-corrected chi connectivity index (χ3v) is 4.79. The van der Waals surface area contributed by atoms with Gasteiger partial charge in [-0.15, -0.1) is 0 Å². The van der Waals surface area contributed by atoms with Gasteiger partial charge in [0, 0.05) is 5.69 Å². The second kappa shape index (κ2) is 8.52. The van der Waals surface area contributed by atoms with Gasteiger partial charge in [-0.1, -0.05) is 43.2 Å². The quantitative estimate of drug-likeness (QED) is 0.820. The summed E-state index contributed by atoms with van der Waals surface area (Å²) in [7, 11) is 0. The fourth-order valence-corrected chi connectivity index (χ4v) is 3.35. The lowest BCUT2D eigenvalue weighted by molar-refractivity contribution is -0.147. The molecule has 2 N–H and O–H groups in total. The molecule has 0 spiro atoms. The zero-order valence-corrected chi connectivity index (χ0v) is 14.6. The topological polar surface area (TPSA) is 75.6 Å². The Balaban J connectivity index is 1.56. The number of carbonyl (C=O) groups excluding carboxylic acids is 1. The molecular weight excluding hydrogens is 330 g/mol. The molecule has 0 heterocycles. The van der Waals surface area contributed by atoms with Crippen LogP contribution in [0.3, 0.4) is 0 Å². The van der Waals surface area contributed by atoms with Gasteiger partial charge in [-0.25, -0.2) is 0 Å². The number of hydrogen-bond donors (Lipinski definition) is 2. The molecule has 0 aromatic heterocycles. The van der Waals surface area contributed by atoms with Crippen molar-refractivity contribution in [3.05, 3.63) is 60.2 Å². The maximum atomic E-state index is 12.5. The van der Waals surface area contributed by atoms with Gasteiger partial charge in [0.15, 0.2) is 0 Å². The van der Waals surface area contributed by atoms with E-state index in [9.17, 15) is 14.7 Å². The third-order valence-electron chi connectivity index (χ3n) is 4.79. The largest absolute Gasteiger partial charge is 0.489 e. The first-order valence-corrected chi connectivity index (χ1v) is 8.94. The Hall–Kier alpha value is -2.82. The van der Waals surface area contributed by atoms with E-state index < -0.39 is 17.8 Å². The number of benzene rings is 2. The van der Waals surface area contributed by atoms with E-state index in [-0.39, 0.29) is 5.91 Å². The number of hydrogen-bond acceptors (Lipinski definition) is 3. The predicted octanol–water partition coefficient (Wildman–Crippen LogP) is 4.10. The Morgan fingerprint density at radius 3 is 2.27 bits per heavy atom. The van der Waals surface area contributed by atoms with Crippen LogP contribution < -0.4 is 10.1 Å². The van der Waals surface area contributed by atoms with Gasteiger partial charge in [0.05, 0.1) is 11.8 Å². The fourth-order valence-electron chi connectivity index (χ4n) is 3.35. The normalized spacial score (nSPS) is 19.5. The van der Waals surface area contributed by atoms with Gasteiger partial charge in [-0.3, -0.25) is 9.59 Å². The molecule has 0 radical (unpaired) electrons. The molecule has 1 fully saturated rings. The number of nitrogens with one attached hydrogen (secondary N) is 1. The van der Waals surface area contributed by atoms with E-state index in [0.717, 1.165) is 18.4 Å². The number of ether oxygens (including phenoxy) is 1. The highest BCUT2D eigenvalue weighted by molar-refractivity contribution is 5.95. The highest BCUT2D eigenvalue weighted by Gasteiger charge is 2.35. The summed E-state index contributed by atoms with van der Waals surface area (Å²) < 4.78 is 5.73. The Kier molecular flexibility index (Phi) is 5.89. The molecule has 5 nitrogen and oxygen atoms in total. The van der Waals surface area contributed by atoms with Gasteiger partial charge >= 0.3 is 5.97 Å². The second-order valence-electron chi connectivity index (χ2n) is 6.62. The molecule has 0 aliphatic heterocycles. The molecule has 3 rings (SSSR count). The number of carboxylic acid groups (broad SMARTS) is 1. The van der Waals surface area contributed by atoms with Crippen LogP contribution in [0.5, 0.6) is 5.75 Å². The summed E-state index contributed by atoms with van der Waals surface area (Å²) >= 11 is 0. The van der Waals surface area contributed by atoms with Crippen molar-refractivity contribution in [1.82, 2.24) is 0 Å². The smallest absolute Gasteiger partial charge is 0.307 e. The molecule has 2 aromatic carbocycles. The van der Waals surface area contributed by atoms with E-state index in [1.54, 1.807) is 24.3 Å². The van der Waals surface area contributed by atoms with E-state index in [1.807, 2.05) is 30.3 Å². The molecule has 0 saturated heterocycles. The van der Waals surface area contributed by atoms with Crippen LogP contribution >= 0.6 is 0 Å². The van der Waals surface area contributed by atoms with Gasteiger partial charge in [-0.05, 0) is 42.7 Å². The summed E-state index contributed by atoms with van der Waals surface area (Å²) in [5.74, 6) is -1.43. The third kappa shape index (κ3) is 4.63. The summed E-state index contributed by atoms with van der Waals surface area (Å²) in [4.78, 5) is 23.8. The number of amides is 1. The van der Waals surface area contributed by atoms with Crippen LogP contribution in [0.15, 0.2) is 54.6 Å². The van der Waals surface area contributed by atoms with Gasteiger partial charge in [0.25, 0.3) is 0 Å². The molecule has 1 aliphatic carbocycles. The molecule has 0 unspecified atom stereocenters. The first-order valence-electron chi connectivity index (χ1n) is 8.94. The fraction of sp³-hybridized carbons (Fsp3) is 0.333. The zero-order chi connectivity index (χ0) is 18.4. The van der Waals surface area contributed by atoms with E-state index in [4.69, 9.17) is 4.74 Å². The Morgan fingerprint density at radius 1 is 0.962 bits per heavy atom. The molecule has 2 atom stereocenters. The van der Waals surface area contributed by atoms with Crippen LogP contribution in [-0.2, 0) is 16.2 Å². The summed E-state index contributed by atoms with van der Waals surface area (Å²) in [5, 5.41) is 12.2. The van der Waals surface area contributed by atoms with Crippen LogP contribution in [0.4, 0.5) is 5.69 Å². The summed E-state index contributed by atoms with van der Waals surface area (Å²) in [6.07, 6.45) is 2.96. The van der Waals surface area contributed by atoms with Crippen molar-refractivity contribution in [2.24, 2.45) is 11.8 Å². The predicted molar refractivity (Wildman–Crippen MR) is 98.9 cm³/mol. The van der Waals surface area contributed by atoms with E-state index in [2.05, 4.69) is 5.32 Å². The average Bonchev–Trinajstić information content (AvgIpc) is 2.68. The first-order chi connectivity index (χ1) is 12.6. The van der Waals surface area contributed by atoms with Gasteiger partial charge < -0.3 is 15.2 Å². The number of anilines is 1. The van der Waals surface area contributed by atoms with Crippen molar-refractivity contribution >= 4 is 17.6 Å². The van der Waals surface area contributed by atoms with Crippen molar-refractivity contribution < 1.29 is 19.4 Å². The molecule has 2 aromatic rings. The van der Waals surface area contributed by atoms with Crippen LogP contribution in [0.25, 0.3) is 0 Å². The lowest BCUT2D eigenvalue weighted by atomic mass is 9.78. The zero-order valence-electron chi connectivity index (χ0n) is 14.6. The number of rotatable bonds is 6. The summed E-state index contributed by atoms with van der Waals surface area (Å²) in [6.45, 7) is 0.481. The monoisotopic (exact) mass is 353 g/mol. The van der Waals surface area contributed by atoms with Gasteiger partial charge in [0.1, 0.15) is 12.4 Å². The number of carbonyl (C=O) groups is 2. The highest BCUT2D eigenvalue weighted by atomic mass is 16.5. The number of aliphatic carboxylic acids is 1. The van der Waals surface area contributed by atoms with Crippen molar-refractivity contribution in [3.8, 4) is 5.75 Å². The summed E-state index contributed by atoms with van der Waals surface area (Å²) in [6, 6.07) is 17.0. The van der Waals surface area contributed by atoms with Crippen molar-refractivity contribution in [2.45, 2.75) is 32.3 Å². The lowest BCUT2D eigenvalue weighted by Crippen LogP contribution is -2.36. The first kappa shape index (κ1) is 18.0. The molecule has 5 heteroatoms. The lowest BCUT2D eigenvalue weighted by Gasteiger charge is -2.27. The molecular formula is C21H23NO4. The minimum absolute atomic E-state index is 0.213. The molecule has 1 amide bonds. The Bertz CT molecular complexity index is 742. The van der Waals surface area contributed by atoms with E-state index in [0.29, 0.717) is 30.9 Å². The van der Waals surface area contributed by atoms with Crippen molar-refractivity contribution in [3.63, 3.8) is 0 Å². The Morgan fingerprint density at radius 2 is 1.62 bits per heavy atom. The van der Waals surface area contributed by atoms with Crippen molar-refractivity contribution in [2.75, 3.05) is 5.32 Å². The van der Waals surface area contributed by atoms with Crippen LogP contribution in [0.2, 0.25) is 0 Å². The number of carboxylic acids is 1. The van der Waals surface area contributed by atoms with E-state index in [1.165, 1.54) is 0 Å². The van der Waals surface area contributed by atoms with Gasteiger partial charge in [0.2, 0.25) is 5.91 Å².